The van der Waals surface area contributed by atoms with E-state index in [-0.39, 0.29) is 18.9 Å². The lowest BCUT2D eigenvalue weighted by Gasteiger charge is -2.18. The van der Waals surface area contributed by atoms with Gasteiger partial charge < -0.3 is 4.90 Å². The highest BCUT2D eigenvalue weighted by molar-refractivity contribution is 7.87. The Balaban J connectivity index is 2.31. The van der Waals surface area contributed by atoms with Gasteiger partial charge >= 0.3 is 10.2 Å². The first kappa shape index (κ1) is 12.0. The van der Waals surface area contributed by atoms with Crippen LogP contribution in [0.5, 0.6) is 0 Å². The fraction of sp³-hybridized carbons (Fsp3) is 0.364. The average molecular weight is 257 g/mol. The minimum Gasteiger partial charge on any atom is -0.311 e. The third-order valence-corrected chi connectivity index (χ3v) is 4.01. The standard InChI is InChI=1S/C11H12FNO3S/c1-8-4-2-3-5-10(8)13-7-9(6-11(13)14)17(12,15)16/h2-5,9H,6-7H2,1H3. The third-order valence-electron chi connectivity index (χ3n) is 2.89. The van der Waals surface area contributed by atoms with E-state index in [2.05, 4.69) is 0 Å². The number of benzene rings is 1. The Labute approximate surface area is 99.3 Å². The number of amides is 1. The van der Waals surface area contributed by atoms with Crippen molar-refractivity contribution in [1.29, 1.82) is 0 Å². The van der Waals surface area contributed by atoms with E-state index in [1.165, 1.54) is 4.90 Å². The van der Waals surface area contributed by atoms with Crippen LogP contribution < -0.4 is 4.90 Å². The Morgan fingerprint density at radius 3 is 2.53 bits per heavy atom. The van der Waals surface area contributed by atoms with Crippen molar-refractivity contribution in [3.8, 4) is 0 Å². The van der Waals surface area contributed by atoms with Gasteiger partial charge in [0.1, 0.15) is 5.25 Å². The van der Waals surface area contributed by atoms with Gasteiger partial charge in [-0.05, 0) is 18.6 Å². The maximum Gasteiger partial charge on any atom is 0.307 e. The van der Waals surface area contributed by atoms with E-state index in [0.717, 1.165) is 5.56 Å². The van der Waals surface area contributed by atoms with Crippen LogP contribution in [0, 0.1) is 6.92 Å². The van der Waals surface area contributed by atoms with Gasteiger partial charge in [0.25, 0.3) is 0 Å². The predicted octanol–water partition coefficient (Wildman–Crippen LogP) is 1.40. The molecule has 0 radical (unpaired) electrons. The molecule has 1 unspecified atom stereocenters. The van der Waals surface area contributed by atoms with Crippen molar-refractivity contribution in [3.63, 3.8) is 0 Å². The molecule has 1 fully saturated rings. The molecule has 1 aromatic carbocycles. The molecule has 0 bridgehead atoms. The van der Waals surface area contributed by atoms with Crippen molar-refractivity contribution in [3.05, 3.63) is 29.8 Å². The van der Waals surface area contributed by atoms with Crippen LogP contribution in [0.15, 0.2) is 24.3 Å². The number of carbonyl (C=O) groups is 1. The number of hydrogen-bond acceptors (Lipinski definition) is 3. The van der Waals surface area contributed by atoms with E-state index in [4.69, 9.17) is 0 Å². The largest absolute Gasteiger partial charge is 0.311 e. The number of rotatable bonds is 2. The van der Waals surface area contributed by atoms with E-state index in [1.807, 2.05) is 19.1 Å². The number of anilines is 1. The molecule has 1 saturated heterocycles. The monoisotopic (exact) mass is 257 g/mol. The van der Waals surface area contributed by atoms with Gasteiger partial charge in [0.15, 0.2) is 0 Å². The van der Waals surface area contributed by atoms with Gasteiger partial charge in [-0.1, -0.05) is 18.2 Å². The zero-order valence-electron chi connectivity index (χ0n) is 9.26. The summed E-state index contributed by atoms with van der Waals surface area (Å²) in [6, 6.07) is 7.12. The number of para-hydroxylation sites is 1. The molecule has 1 heterocycles. The highest BCUT2D eigenvalue weighted by atomic mass is 32.3. The topological polar surface area (TPSA) is 54.5 Å². The first-order valence-corrected chi connectivity index (χ1v) is 6.63. The number of hydrogen-bond donors (Lipinski definition) is 0. The van der Waals surface area contributed by atoms with Crippen molar-refractivity contribution < 1.29 is 17.1 Å². The fourth-order valence-electron chi connectivity index (χ4n) is 1.96. The molecule has 17 heavy (non-hydrogen) atoms. The van der Waals surface area contributed by atoms with Gasteiger partial charge in [0.2, 0.25) is 5.91 Å². The Bertz CT molecular complexity index is 556. The Morgan fingerprint density at radius 1 is 1.35 bits per heavy atom. The van der Waals surface area contributed by atoms with Crippen LogP contribution >= 0.6 is 0 Å². The minimum absolute atomic E-state index is 0.109. The van der Waals surface area contributed by atoms with Crippen molar-refractivity contribution in [2.24, 2.45) is 0 Å². The fourth-order valence-corrected chi connectivity index (χ4v) is 2.63. The zero-order valence-corrected chi connectivity index (χ0v) is 10.1. The Kier molecular flexibility index (Phi) is 2.91. The Hall–Kier alpha value is -1.43. The predicted molar refractivity (Wildman–Crippen MR) is 62.0 cm³/mol. The van der Waals surface area contributed by atoms with Gasteiger partial charge in [-0.3, -0.25) is 4.79 Å². The van der Waals surface area contributed by atoms with E-state index in [1.54, 1.807) is 12.1 Å². The molecule has 4 nitrogen and oxygen atoms in total. The molecular weight excluding hydrogens is 245 g/mol. The normalized spacial score (nSPS) is 20.9. The lowest BCUT2D eigenvalue weighted by molar-refractivity contribution is -0.117. The highest BCUT2D eigenvalue weighted by Gasteiger charge is 2.39. The summed E-state index contributed by atoms with van der Waals surface area (Å²) in [6.45, 7) is 1.71. The van der Waals surface area contributed by atoms with E-state index < -0.39 is 15.5 Å². The van der Waals surface area contributed by atoms with E-state index in [0.29, 0.717) is 5.69 Å². The molecular formula is C11H12FNO3S. The zero-order chi connectivity index (χ0) is 12.6. The first-order valence-electron chi connectivity index (χ1n) is 5.19. The van der Waals surface area contributed by atoms with Crippen LogP contribution in [0.2, 0.25) is 0 Å². The number of halogens is 1. The van der Waals surface area contributed by atoms with E-state index >= 15 is 0 Å². The maximum absolute atomic E-state index is 12.9. The molecule has 92 valence electrons. The maximum atomic E-state index is 12.9. The van der Waals surface area contributed by atoms with Crippen LogP contribution in [0.4, 0.5) is 9.57 Å². The minimum atomic E-state index is -4.65. The van der Waals surface area contributed by atoms with Gasteiger partial charge in [-0.25, -0.2) is 0 Å². The van der Waals surface area contributed by atoms with Gasteiger partial charge in [-0.15, -0.1) is 3.89 Å². The summed E-state index contributed by atoms with van der Waals surface area (Å²) in [5.74, 6) is -0.356. The molecule has 1 atom stereocenters. The summed E-state index contributed by atoms with van der Waals surface area (Å²) in [6.07, 6.45) is -0.285. The van der Waals surface area contributed by atoms with Gasteiger partial charge in [0, 0.05) is 18.7 Å². The van der Waals surface area contributed by atoms with Gasteiger partial charge in [0.05, 0.1) is 0 Å². The summed E-state index contributed by atoms with van der Waals surface area (Å²) in [5.41, 5.74) is 1.50. The second-order valence-electron chi connectivity index (χ2n) is 4.09. The summed E-state index contributed by atoms with van der Waals surface area (Å²) in [4.78, 5) is 13.0. The van der Waals surface area contributed by atoms with Crippen molar-refractivity contribution >= 4 is 21.8 Å². The molecule has 0 N–H and O–H groups in total. The molecule has 1 aromatic rings. The van der Waals surface area contributed by atoms with Crippen LogP contribution in [0.1, 0.15) is 12.0 Å². The second kappa shape index (κ2) is 4.10. The summed E-state index contributed by atoms with van der Waals surface area (Å²) >= 11 is 0. The summed E-state index contributed by atoms with van der Waals surface area (Å²) < 4.78 is 34.4. The second-order valence-corrected chi connectivity index (χ2v) is 5.71. The van der Waals surface area contributed by atoms with Crippen molar-refractivity contribution in [2.75, 3.05) is 11.4 Å². The third kappa shape index (κ3) is 2.31. The molecule has 1 aliphatic heterocycles. The quantitative estimate of drug-likeness (QED) is 0.752. The lowest BCUT2D eigenvalue weighted by atomic mass is 10.2. The molecule has 1 amide bonds. The number of aryl methyl sites for hydroxylation is 1. The lowest BCUT2D eigenvalue weighted by Crippen LogP contribution is -2.27. The first-order chi connectivity index (χ1) is 7.89. The van der Waals surface area contributed by atoms with E-state index in [9.17, 15) is 17.1 Å². The molecule has 0 aliphatic carbocycles. The van der Waals surface area contributed by atoms with Crippen LogP contribution in [-0.4, -0.2) is 26.1 Å². The van der Waals surface area contributed by atoms with Crippen LogP contribution in [0.3, 0.4) is 0 Å². The van der Waals surface area contributed by atoms with Crippen LogP contribution in [0.25, 0.3) is 0 Å². The van der Waals surface area contributed by atoms with Crippen LogP contribution in [-0.2, 0) is 15.0 Å². The number of carbonyl (C=O) groups excluding carboxylic acids is 1. The molecule has 0 aromatic heterocycles. The smallest absolute Gasteiger partial charge is 0.307 e. The number of nitrogens with zero attached hydrogens (tertiary/aromatic N) is 1. The SMILES string of the molecule is Cc1ccccc1N1CC(S(=O)(=O)F)CC1=O. The van der Waals surface area contributed by atoms with Gasteiger partial charge in [-0.2, -0.15) is 8.42 Å². The van der Waals surface area contributed by atoms with Crippen molar-refractivity contribution in [1.82, 2.24) is 0 Å². The molecule has 0 saturated carbocycles. The Morgan fingerprint density at radius 2 is 2.00 bits per heavy atom. The molecule has 0 spiro atoms. The summed E-state index contributed by atoms with van der Waals surface area (Å²) in [7, 11) is -4.65. The molecule has 6 heteroatoms. The highest BCUT2D eigenvalue weighted by Crippen LogP contribution is 2.27. The summed E-state index contributed by atoms with van der Waals surface area (Å²) in [5, 5.41) is -1.24. The average Bonchev–Trinajstić information content (AvgIpc) is 2.61. The molecule has 2 rings (SSSR count). The van der Waals surface area contributed by atoms with Crippen molar-refractivity contribution in [2.45, 2.75) is 18.6 Å². The molecule has 1 aliphatic rings.